The topological polar surface area (TPSA) is 87.2 Å². The molecule has 0 aliphatic carbocycles. The summed E-state index contributed by atoms with van der Waals surface area (Å²) in [5.41, 5.74) is 3.25. The summed E-state index contributed by atoms with van der Waals surface area (Å²) in [5, 5.41) is 6.74. The van der Waals surface area contributed by atoms with Crippen LogP contribution in [-0.2, 0) is 4.79 Å². The molecule has 9 heteroatoms. The molecule has 0 bridgehead atoms. The van der Waals surface area contributed by atoms with Gasteiger partial charge in [0.15, 0.2) is 5.15 Å². The highest BCUT2D eigenvalue weighted by Gasteiger charge is 2.21. The van der Waals surface area contributed by atoms with E-state index in [9.17, 15) is 9.59 Å². The van der Waals surface area contributed by atoms with Gasteiger partial charge >= 0.3 is 6.03 Å². The summed E-state index contributed by atoms with van der Waals surface area (Å²) < 4.78 is 0. The molecule has 0 saturated heterocycles. The summed E-state index contributed by atoms with van der Waals surface area (Å²) in [5.74, 6) is 0. The Balaban J connectivity index is 2.17. The van der Waals surface area contributed by atoms with Crippen LogP contribution in [0.1, 0.15) is 25.1 Å². The van der Waals surface area contributed by atoms with Crippen LogP contribution >= 0.6 is 23.2 Å². The molecule has 0 unspecified atom stereocenters. The van der Waals surface area contributed by atoms with E-state index in [1.165, 1.54) is 4.90 Å². The van der Waals surface area contributed by atoms with E-state index in [-0.39, 0.29) is 22.9 Å². The number of hydrogen-bond acceptors (Lipinski definition) is 4. The molecule has 0 fully saturated rings. The van der Waals surface area contributed by atoms with Gasteiger partial charge in [0.05, 0.1) is 21.9 Å². The van der Waals surface area contributed by atoms with Crippen LogP contribution in [0.4, 0.5) is 21.9 Å². The van der Waals surface area contributed by atoms with Crippen molar-refractivity contribution in [3.63, 3.8) is 0 Å². The molecule has 2 heterocycles. The summed E-state index contributed by atoms with van der Waals surface area (Å²) >= 11 is 12.7. The zero-order valence-electron chi connectivity index (χ0n) is 17.0. The number of hydrogen-bond donors (Lipinski definition) is 2. The van der Waals surface area contributed by atoms with E-state index in [1.807, 2.05) is 26.8 Å². The average molecular weight is 446 g/mol. The lowest BCUT2D eigenvalue weighted by molar-refractivity contribution is -0.106. The number of anilines is 3. The maximum atomic E-state index is 12.3. The van der Waals surface area contributed by atoms with Crippen molar-refractivity contribution in [1.29, 1.82) is 0 Å². The standard InChI is InChI=1S/C21H21Cl2N5O2/c1-11(2)25-21(30)27-17-12(3)9-24-18-14(17)6-5-7-16(18)28(10-29)19-15(22)8-13(4)26-20(19)23/h5-11H,1-4H3,(H2,24,25,27,30). The van der Waals surface area contributed by atoms with Gasteiger partial charge in [0.1, 0.15) is 5.69 Å². The van der Waals surface area contributed by atoms with Gasteiger partial charge in [0.25, 0.3) is 0 Å². The molecule has 3 amide bonds. The molecular weight excluding hydrogens is 425 g/mol. The largest absolute Gasteiger partial charge is 0.336 e. The fraction of sp³-hybridized carbons (Fsp3) is 0.238. The number of fused-ring (bicyclic) bond motifs is 1. The van der Waals surface area contributed by atoms with E-state index in [1.54, 1.807) is 31.3 Å². The Hall–Kier alpha value is -2.90. The summed E-state index contributed by atoms with van der Waals surface area (Å²) in [6.07, 6.45) is 2.25. The lowest BCUT2D eigenvalue weighted by atomic mass is 10.1. The zero-order chi connectivity index (χ0) is 22.0. The quantitative estimate of drug-likeness (QED) is 0.407. The van der Waals surface area contributed by atoms with Gasteiger partial charge < -0.3 is 10.6 Å². The third kappa shape index (κ3) is 4.32. The number of nitrogens with zero attached hydrogens (tertiary/aromatic N) is 3. The van der Waals surface area contributed by atoms with Crippen LogP contribution in [0.25, 0.3) is 10.9 Å². The van der Waals surface area contributed by atoms with Gasteiger partial charge in [-0.05, 0) is 45.4 Å². The lowest BCUT2D eigenvalue weighted by Gasteiger charge is -2.22. The molecule has 7 nitrogen and oxygen atoms in total. The van der Waals surface area contributed by atoms with Crippen molar-refractivity contribution in [1.82, 2.24) is 15.3 Å². The second-order valence-electron chi connectivity index (χ2n) is 7.10. The smallest absolute Gasteiger partial charge is 0.319 e. The van der Waals surface area contributed by atoms with Crippen LogP contribution in [0.2, 0.25) is 10.2 Å². The molecule has 30 heavy (non-hydrogen) atoms. The third-order valence-corrected chi connectivity index (χ3v) is 4.91. The SMILES string of the molecule is Cc1cc(Cl)c(N(C=O)c2cccc3c(NC(=O)NC(C)C)c(C)cnc23)c(Cl)n1. The summed E-state index contributed by atoms with van der Waals surface area (Å²) in [6.45, 7) is 7.36. The third-order valence-electron chi connectivity index (χ3n) is 4.36. The van der Waals surface area contributed by atoms with Crippen LogP contribution in [-0.4, -0.2) is 28.5 Å². The monoisotopic (exact) mass is 445 g/mol. The second-order valence-corrected chi connectivity index (χ2v) is 7.87. The van der Waals surface area contributed by atoms with Crippen molar-refractivity contribution in [3.8, 4) is 0 Å². The minimum atomic E-state index is -0.327. The first-order valence-corrected chi connectivity index (χ1v) is 10.0. The van der Waals surface area contributed by atoms with Crippen LogP contribution < -0.4 is 15.5 Å². The van der Waals surface area contributed by atoms with Crippen LogP contribution in [0.3, 0.4) is 0 Å². The normalized spacial score (nSPS) is 10.9. The second kappa shape index (κ2) is 8.85. The highest BCUT2D eigenvalue weighted by Crippen LogP contribution is 2.40. The van der Waals surface area contributed by atoms with E-state index in [2.05, 4.69) is 20.6 Å². The number of aryl methyl sites for hydroxylation is 2. The van der Waals surface area contributed by atoms with Gasteiger partial charge in [0.2, 0.25) is 6.41 Å². The first-order chi connectivity index (χ1) is 14.2. The Labute approximate surface area is 184 Å². The maximum Gasteiger partial charge on any atom is 0.319 e. The molecule has 2 aromatic heterocycles. The molecule has 0 aliphatic rings. The van der Waals surface area contributed by atoms with Crippen molar-refractivity contribution in [2.45, 2.75) is 33.7 Å². The highest BCUT2D eigenvalue weighted by atomic mass is 35.5. The van der Waals surface area contributed by atoms with E-state index in [0.29, 0.717) is 39.4 Å². The van der Waals surface area contributed by atoms with Gasteiger partial charge in [-0.3, -0.25) is 14.7 Å². The molecule has 2 N–H and O–H groups in total. The summed E-state index contributed by atoms with van der Waals surface area (Å²) in [6, 6.07) is 6.60. The molecule has 156 valence electrons. The molecular formula is C21H21Cl2N5O2. The minimum absolute atomic E-state index is 0.0159. The predicted molar refractivity (Wildman–Crippen MR) is 121 cm³/mol. The number of urea groups is 1. The Morgan fingerprint density at radius 1 is 1.23 bits per heavy atom. The first kappa shape index (κ1) is 21.8. The number of carbonyl (C=O) groups is 2. The predicted octanol–water partition coefficient (Wildman–Crippen LogP) is 5.38. The Morgan fingerprint density at radius 2 is 1.97 bits per heavy atom. The van der Waals surface area contributed by atoms with E-state index in [0.717, 1.165) is 5.56 Å². The van der Waals surface area contributed by atoms with Crippen molar-refractivity contribution >= 4 is 63.6 Å². The van der Waals surface area contributed by atoms with Crippen LogP contribution in [0.5, 0.6) is 0 Å². The van der Waals surface area contributed by atoms with Gasteiger partial charge in [-0.2, -0.15) is 0 Å². The number of nitrogens with one attached hydrogen (secondary N) is 2. The number of aromatic nitrogens is 2. The van der Waals surface area contributed by atoms with Gasteiger partial charge in [-0.15, -0.1) is 0 Å². The van der Waals surface area contributed by atoms with Crippen molar-refractivity contribution < 1.29 is 9.59 Å². The number of halogens is 2. The fourth-order valence-corrected chi connectivity index (χ4v) is 3.83. The van der Waals surface area contributed by atoms with Crippen molar-refractivity contribution in [2.75, 3.05) is 10.2 Å². The summed E-state index contributed by atoms with van der Waals surface area (Å²) in [4.78, 5) is 34.4. The highest BCUT2D eigenvalue weighted by molar-refractivity contribution is 6.39. The maximum absolute atomic E-state index is 12.3. The molecule has 3 rings (SSSR count). The molecule has 0 aliphatic heterocycles. The lowest BCUT2D eigenvalue weighted by Crippen LogP contribution is -2.34. The van der Waals surface area contributed by atoms with E-state index >= 15 is 0 Å². The van der Waals surface area contributed by atoms with Gasteiger partial charge in [-0.1, -0.05) is 35.3 Å². The number of benzene rings is 1. The van der Waals surface area contributed by atoms with Gasteiger partial charge in [-0.25, -0.2) is 9.78 Å². The molecule has 1 aromatic carbocycles. The van der Waals surface area contributed by atoms with Crippen molar-refractivity contribution in [3.05, 3.63) is 51.9 Å². The zero-order valence-corrected chi connectivity index (χ0v) is 18.5. The number of pyridine rings is 2. The first-order valence-electron chi connectivity index (χ1n) is 9.26. The Bertz CT molecular complexity index is 1110. The fourth-order valence-electron chi connectivity index (χ4n) is 3.11. The minimum Gasteiger partial charge on any atom is -0.336 e. The van der Waals surface area contributed by atoms with E-state index in [4.69, 9.17) is 23.2 Å². The number of amides is 3. The van der Waals surface area contributed by atoms with Crippen LogP contribution in [0, 0.1) is 13.8 Å². The average Bonchev–Trinajstić information content (AvgIpc) is 2.65. The van der Waals surface area contributed by atoms with Crippen molar-refractivity contribution in [2.24, 2.45) is 0 Å². The molecule has 0 radical (unpaired) electrons. The summed E-state index contributed by atoms with van der Waals surface area (Å²) in [7, 11) is 0. The number of rotatable bonds is 5. The van der Waals surface area contributed by atoms with Crippen LogP contribution in [0.15, 0.2) is 30.5 Å². The molecule has 0 atom stereocenters. The Morgan fingerprint density at radius 3 is 2.60 bits per heavy atom. The number of carbonyl (C=O) groups excluding carboxylic acids is 2. The molecule has 0 saturated carbocycles. The molecule has 0 spiro atoms. The van der Waals surface area contributed by atoms with Gasteiger partial charge in [0, 0.05) is 23.3 Å². The number of para-hydroxylation sites is 1. The Kier molecular flexibility index (Phi) is 6.43. The molecule has 3 aromatic rings. The van der Waals surface area contributed by atoms with E-state index < -0.39 is 0 Å².